The van der Waals surface area contributed by atoms with Crippen LogP contribution in [0.3, 0.4) is 0 Å². The van der Waals surface area contributed by atoms with Crippen LogP contribution in [-0.2, 0) is 13.0 Å². The van der Waals surface area contributed by atoms with Crippen molar-refractivity contribution in [3.8, 4) is 28.6 Å². The van der Waals surface area contributed by atoms with Crippen LogP contribution in [0.4, 0.5) is 10.5 Å². The maximum absolute atomic E-state index is 12.1. The number of hydrogen-bond donors (Lipinski definition) is 2. The molecule has 3 aromatic rings. The SMILES string of the molecule is CCc1ccc(NC(=O)NCc2nc(-c3cc(OC)c(OC)c(OC)c3)no2)cc1. The third kappa shape index (κ3) is 4.80. The molecule has 1 aromatic heterocycles. The standard InChI is InChI=1S/C21H24N4O5/c1-5-13-6-8-15(9-7-13)23-21(26)22-12-18-24-20(25-30-18)14-10-16(27-2)19(29-4)17(11-14)28-3/h6-11H,5,12H2,1-4H3,(H2,22,23,26). The van der Waals surface area contributed by atoms with E-state index in [2.05, 4.69) is 27.7 Å². The number of ether oxygens (including phenoxy) is 3. The summed E-state index contributed by atoms with van der Waals surface area (Å²) in [6.07, 6.45) is 0.942. The van der Waals surface area contributed by atoms with Crippen LogP contribution >= 0.6 is 0 Å². The van der Waals surface area contributed by atoms with Crippen molar-refractivity contribution in [2.24, 2.45) is 0 Å². The number of hydrogen-bond acceptors (Lipinski definition) is 7. The monoisotopic (exact) mass is 412 g/mol. The molecule has 0 aliphatic rings. The first-order valence-electron chi connectivity index (χ1n) is 9.34. The topological polar surface area (TPSA) is 108 Å². The molecule has 2 amide bonds. The number of amides is 2. The largest absolute Gasteiger partial charge is 0.493 e. The Kier molecular flexibility index (Phi) is 6.74. The molecule has 9 nitrogen and oxygen atoms in total. The Morgan fingerprint density at radius 1 is 1.03 bits per heavy atom. The average Bonchev–Trinajstić information content (AvgIpc) is 3.26. The van der Waals surface area contributed by atoms with Gasteiger partial charge in [-0.3, -0.25) is 0 Å². The van der Waals surface area contributed by atoms with Gasteiger partial charge < -0.3 is 29.4 Å². The average molecular weight is 412 g/mol. The summed E-state index contributed by atoms with van der Waals surface area (Å²) in [4.78, 5) is 16.4. The van der Waals surface area contributed by atoms with Crippen molar-refractivity contribution in [1.29, 1.82) is 0 Å². The minimum Gasteiger partial charge on any atom is -0.493 e. The number of methoxy groups -OCH3 is 3. The predicted molar refractivity (Wildman–Crippen MR) is 111 cm³/mol. The number of urea groups is 1. The molecule has 0 saturated heterocycles. The maximum atomic E-state index is 12.1. The summed E-state index contributed by atoms with van der Waals surface area (Å²) < 4.78 is 21.2. The van der Waals surface area contributed by atoms with Gasteiger partial charge >= 0.3 is 6.03 Å². The highest BCUT2D eigenvalue weighted by molar-refractivity contribution is 5.89. The molecule has 0 atom stereocenters. The zero-order valence-electron chi connectivity index (χ0n) is 17.3. The van der Waals surface area contributed by atoms with E-state index in [-0.39, 0.29) is 18.5 Å². The van der Waals surface area contributed by atoms with Crippen molar-refractivity contribution in [2.45, 2.75) is 19.9 Å². The minimum absolute atomic E-state index is 0.0797. The highest BCUT2D eigenvalue weighted by Gasteiger charge is 2.17. The van der Waals surface area contributed by atoms with Crippen molar-refractivity contribution in [1.82, 2.24) is 15.5 Å². The van der Waals surface area contributed by atoms with E-state index >= 15 is 0 Å². The highest BCUT2D eigenvalue weighted by Crippen LogP contribution is 2.40. The summed E-state index contributed by atoms with van der Waals surface area (Å²) in [6.45, 7) is 2.15. The van der Waals surface area contributed by atoms with Gasteiger partial charge in [0.05, 0.1) is 27.9 Å². The summed E-state index contributed by atoms with van der Waals surface area (Å²) in [5.41, 5.74) is 2.53. The lowest BCUT2D eigenvalue weighted by atomic mass is 10.1. The molecule has 0 saturated carbocycles. The Morgan fingerprint density at radius 3 is 2.27 bits per heavy atom. The first kappa shape index (κ1) is 21.0. The molecule has 1 heterocycles. The van der Waals surface area contributed by atoms with Crippen LogP contribution in [0.5, 0.6) is 17.2 Å². The quantitative estimate of drug-likeness (QED) is 0.581. The molecule has 158 valence electrons. The third-order valence-corrected chi connectivity index (χ3v) is 4.41. The summed E-state index contributed by atoms with van der Waals surface area (Å²) in [5.74, 6) is 2.02. The van der Waals surface area contributed by atoms with Gasteiger partial charge in [-0.25, -0.2) is 4.79 Å². The van der Waals surface area contributed by atoms with E-state index < -0.39 is 0 Å². The Bertz CT molecular complexity index is 976. The van der Waals surface area contributed by atoms with Crippen molar-refractivity contribution >= 4 is 11.7 Å². The molecule has 0 fully saturated rings. The van der Waals surface area contributed by atoms with Crippen LogP contribution in [0.25, 0.3) is 11.4 Å². The van der Waals surface area contributed by atoms with Gasteiger partial charge in [-0.1, -0.05) is 24.2 Å². The van der Waals surface area contributed by atoms with Crippen molar-refractivity contribution in [3.63, 3.8) is 0 Å². The molecule has 0 spiro atoms. The number of aryl methyl sites for hydroxylation is 1. The Balaban J connectivity index is 1.65. The third-order valence-electron chi connectivity index (χ3n) is 4.41. The van der Waals surface area contributed by atoms with E-state index in [4.69, 9.17) is 18.7 Å². The van der Waals surface area contributed by atoms with Gasteiger partial charge in [0.25, 0.3) is 0 Å². The molecular formula is C21H24N4O5. The fourth-order valence-corrected chi connectivity index (χ4v) is 2.81. The molecular weight excluding hydrogens is 388 g/mol. The normalized spacial score (nSPS) is 10.4. The van der Waals surface area contributed by atoms with E-state index in [9.17, 15) is 4.79 Å². The lowest BCUT2D eigenvalue weighted by molar-refractivity contribution is 0.249. The van der Waals surface area contributed by atoms with Crippen LogP contribution in [0.1, 0.15) is 18.4 Å². The number of nitrogens with one attached hydrogen (secondary N) is 2. The fraction of sp³-hybridized carbons (Fsp3) is 0.286. The number of carbonyl (C=O) groups is 1. The fourth-order valence-electron chi connectivity index (χ4n) is 2.81. The van der Waals surface area contributed by atoms with Gasteiger partial charge in [-0.15, -0.1) is 0 Å². The van der Waals surface area contributed by atoms with Crippen molar-refractivity contribution < 1.29 is 23.5 Å². The molecule has 0 radical (unpaired) electrons. The number of benzene rings is 2. The number of rotatable bonds is 8. The number of anilines is 1. The minimum atomic E-state index is -0.369. The smallest absolute Gasteiger partial charge is 0.319 e. The summed E-state index contributed by atoms with van der Waals surface area (Å²) in [6, 6.07) is 10.7. The summed E-state index contributed by atoms with van der Waals surface area (Å²) in [5, 5.41) is 9.41. The predicted octanol–water partition coefficient (Wildman–Crippen LogP) is 3.65. The lowest BCUT2D eigenvalue weighted by Crippen LogP contribution is -2.28. The van der Waals surface area contributed by atoms with Crippen LogP contribution in [0.15, 0.2) is 40.9 Å². The van der Waals surface area contributed by atoms with E-state index in [1.807, 2.05) is 24.3 Å². The molecule has 30 heavy (non-hydrogen) atoms. The molecule has 0 unspecified atom stereocenters. The van der Waals surface area contributed by atoms with Crippen LogP contribution in [0.2, 0.25) is 0 Å². The number of aromatic nitrogens is 2. The van der Waals surface area contributed by atoms with Gasteiger partial charge in [-0.05, 0) is 36.2 Å². The Hall–Kier alpha value is -3.75. The van der Waals surface area contributed by atoms with Crippen LogP contribution < -0.4 is 24.8 Å². The summed E-state index contributed by atoms with van der Waals surface area (Å²) in [7, 11) is 4.59. The van der Waals surface area contributed by atoms with E-state index in [1.165, 1.54) is 26.9 Å². The Labute approximate surface area is 174 Å². The second-order valence-corrected chi connectivity index (χ2v) is 6.28. The highest BCUT2D eigenvalue weighted by atomic mass is 16.5. The first-order chi connectivity index (χ1) is 14.6. The van der Waals surface area contributed by atoms with Crippen molar-refractivity contribution in [3.05, 3.63) is 47.9 Å². The molecule has 2 aromatic carbocycles. The van der Waals surface area contributed by atoms with E-state index in [0.717, 1.165) is 6.42 Å². The molecule has 0 aliphatic carbocycles. The molecule has 9 heteroatoms. The second kappa shape index (κ2) is 9.64. The van der Waals surface area contributed by atoms with Crippen LogP contribution in [-0.4, -0.2) is 37.5 Å². The van der Waals surface area contributed by atoms with Crippen molar-refractivity contribution in [2.75, 3.05) is 26.6 Å². The summed E-state index contributed by atoms with van der Waals surface area (Å²) >= 11 is 0. The first-order valence-corrected chi connectivity index (χ1v) is 9.34. The van der Waals surface area contributed by atoms with Gasteiger partial charge in [-0.2, -0.15) is 4.98 Å². The zero-order valence-corrected chi connectivity index (χ0v) is 17.3. The van der Waals surface area contributed by atoms with Gasteiger partial charge in [0.1, 0.15) is 0 Å². The lowest BCUT2D eigenvalue weighted by Gasteiger charge is -2.12. The van der Waals surface area contributed by atoms with Gasteiger partial charge in [0, 0.05) is 11.3 Å². The second-order valence-electron chi connectivity index (χ2n) is 6.28. The molecule has 3 rings (SSSR count). The van der Waals surface area contributed by atoms with E-state index in [0.29, 0.717) is 34.3 Å². The van der Waals surface area contributed by atoms with E-state index in [1.54, 1.807) is 12.1 Å². The Morgan fingerprint density at radius 2 is 1.70 bits per heavy atom. The van der Waals surface area contributed by atoms with Gasteiger partial charge in [0.2, 0.25) is 17.5 Å². The van der Waals surface area contributed by atoms with Crippen LogP contribution in [0, 0.1) is 0 Å². The molecule has 2 N–H and O–H groups in total. The van der Waals surface area contributed by atoms with Gasteiger partial charge in [0.15, 0.2) is 11.5 Å². The maximum Gasteiger partial charge on any atom is 0.319 e. The number of carbonyl (C=O) groups excluding carboxylic acids is 1. The molecule has 0 aliphatic heterocycles. The molecule has 0 bridgehead atoms. The number of nitrogens with zero attached hydrogens (tertiary/aromatic N) is 2. The zero-order chi connectivity index (χ0) is 21.5.